The maximum Gasteiger partial charge on any atom is 0.311 e. The van der Waals surface area contributed by atoms with Crippen LogP contribution in [0.25, 0.3) is 0 Å². The van der Waals surface area contributed by atoms with Gasteiger partial charge >= 0.3 is 5.97 Å². The molecule has 6 nitrogen and oxygen atoms in total. The maximum atomic E-state index is 12.3. The van der Waals surface area contributed by atoms with E-state index in [1.165, 1.54) is 0 Å². The van der Waals surface area contributed by atoms with Crippen LogP contribution in [0.3, 0.4) is 0 Å². The largest absolute Gasteiger partial charge is 0.481 e. The van der Waals surface area contributed by atoms with Gasteiger partial charge in [-0.05, 0) is 37.4 Å². The Morgan fingerprint density at radius 3 is 3.08 bits per heavy atom. The van der Waals surface area contributed by atoms with Gasteiger partial charge in [0.1, 0.15) is 0 Å². The molecule has 0 spiro atoms. The Morgan fingerprint density at radius 1 is 1.44 bits per heavy atom. The van der Waals surface area contributed by atoms with E-state index in [1.54, 1.807) is 6.20 Å². The normalized spacial score (nSPS) is 33.9. The first-order valence-corrected chi connectivity index (χ1v) is 9.34. The molecular formula is C19H27N3O3. The van der Waals surface area contributed by atoms with Gasteiger partial charge in [0.05, 0.1) is 12.0 Å². The number of ether oxygens (including phenoxy) is 1. The van der Waals surface area contributed by atoms with E-state index >= 15 is 0 Å². The van der Waals surface area contributed by atoms with Crippen LogP contribution in [0.4, 0.5) is 0 Å². The molecule has 0 aromatic carbocycles. The van der Waals surface area contributed by atoms with Gasteiger partial charge in [0, 0.05) is 57.1 Å². The zero-order chi connectivity index (χ0) is 17.3. The Balaban J connectivity index is 1.51. The summed E-state index contributed by atoms with van der Waals surface area (Å²) in [5.74, 6) is -0.430. The van der Waals surface area contributed by atoms with E-state index in [2.05, 4.69) is 20.9 Å². The number of hydrogen-bond donors (Lipinski definition) is 1. The van der Waals surface area contributed by atoms with Crippen molar-refractivity contribution in [3.8, 4) is 0 Å². The van der Waals surface area contributed by atoms with Gasteiger partial charge in [-0.2, -0.15) is 0 Å². The molecule has 4 heterocycles. The molecule has 4 rings (SSSR count). The van der Waals surface area contributed by atoms with Crippen LogP contribution < -0.4 is 0 Å². The van der Waals surface area contributed by atoms with Crippen LogP contribution in [0.1, 0.15) is 24.8 Å². The molecule has 1 aromatic heterocycles. The molecule has 136 valence electrons. The summed E-state index contributed by atoms with van der Waals surface area (Å²) in [5.41, 5.74) is 0.553. The lowest BCUT2D eigenvalue weighted by Crippen LogP contribution is -2.44. The second-order valence-corrected chi connectivity index (χ2v) is 7.81. The number of carboxylic acids is 1. The fraction of sp³-hybridized carbons (Fsp3) is 0.684. The van der Waals surface area contributed by atoms with Crippen molar-refractivity contribution in [2.45, 2.75) is 31.8 Å². The number of fused-ring (bicyclic) bond motifs is 1. The van der Waals surface area contributed by atoms with Crippen LogP contribution in [-0.2, 0) is 16.1 Å². The maximum absolute atomic E-state index is 12.3. The first-order chi connectivity index (χ1) is 12.2. The zero-order valence-corrected chi connectivity index (χ0v) is 14.6. The topological polar surface area (TPSA) is 65.9 Å². The monoisotopic (exact) mass is 345 g/mol. The summed E-state index contributed by atoms with van der Waals surface area (Å²) < 4.78 is 5.56. The molecular weight excluding hydrogens is 318 g/mol. The molecule has 3 fully saturated rings. The molecule has 1 aromatic rings. The molecule has 1 N–H and O–H groups in total. The Bertz CT molecular complexity index is 605. The van der Waals surface area contributed by atoms with Crippen molar-refractivity contribution in [3.05, 3.63) is 30.1 Å². The van der Waals surface area contributed by atoms with Gasteiger partial charge in [-0.15, -0.1) is 0 Å². The smallest absolute Gasteiger partial charge is 0.311 e. The molecule has 3 aliphatic rings. The molecule has 3 atom stereocenters. The van der Waals surface area contributed by atoms with Crippen LogP contribution in [-0.4, -0.2) is 71.3 Å². The first-order valence-electron chi connectivity index (χ1n) is 9.34. The van der Waals surface area contributed by atoms with Gasteiger partial charge in [0.15, 0.2) is 0 Å². The number of pyridine rings is 1. The Hall–Kier alpha value is -1.50. The van der Waals surface area contributed by atoms with Crippen molar-refractivity contribution in [3.63, 3.8) is 0 Å². The molecule has 0 bridgehead atoms. The fourth-order valence-corrected chi connectivity index (χ4v) is 4.93. The van der Waals surface area contributed by atoms with E-state index < -0.39 is 11.4 Å². The van der Waals surface area contributed by atoms with E-state index in [4.69, 9.17) is 4.74 Å². The Morgan fingerprint density at radius 2 is 2.36 bits per heavy atom. The van der Waals surface area contributed by atoms with E-state index in [0.29, 0.717) is 12.6 Å². The molecule has 25 heavy (non-hydrogen) atoms. The SMILES string of the molecule is O=C(O)[C@]12CCCN(C3CCOC3)C[C@H]1CN(Cc1cccnc1)C2. The second kappa shape index (κ2) is 7.02. The van der Waals surface area contributed by atoms with Crippen LogP contribution in [0.15, 0.2) is 24.5 Å². The van der Waals surface area contributed by atoms with Crippen molar-refractivity contribution >= 4 is 5.97 Å². The third-order valence-electron chi connectivity index (χ3n) is 6.27. The van der Waals surface area contributed by atoms with E-state index in [-0.39, 0.29) is 5.92 Å². The standard InChI is InChI=1S/C19H27N3O3/c23-18(24)19-5-2-7-22(17-4-8-25-13-17)12-16(19)11-21(14-19)10-15-3-1-6-20-9-15/h1,3,6,9,16-17H,2,4-5,7-8,10-14H2,(H,23,24)/t16-,17?,19+/m1/s1. The number of aliphatic carboxylic acids is 1. The zero-order valence-electron chi connectivity index (χ0n) is 14.6. The fourth-order valence-electron chi connectivity index (χ4n) is 4.93. The van der Waals surface area contributed by atoms with Gasteiger partial charge in [0.2, 0.25) is 0 Å². The Kier molecular flexibility index (Phi) is 4.75. The molecule has 3 saturated heterocycles. The van der Waals surface area contributed by atoms with Crippen LogP contribution in [0, 0.1) is 11.3 Å². The highest BCUT2D eigenvalue weighted by Gasteiger charge is 2.53. The lowest BCUT2D eigenvalue weighted by molar-refractivity contribution is -0.151. The molecule has 0 aliphatic carbocycles. The van der Waals surface area contributed by atoms with Crippen LogP contribution >= 0.6 is 0 Å². The van der Waals surface area contributed by atoms with E-state index in [1.807, 2.05) is 12.3 Å². The predicted octanol–water partition coefficient (Wildman–Crippen LogP) is 1.47. The lowest BCUT2D eigenvalue weighted by Gasteiger charge is -2.31. The Labute approximate surface area is 148 Å². The average molecular weight is 345 g/mol. The van der Waals surface area contributed by atoms with Crippen LogP contribution in [0.2, 0.25) is 0 Å². The van der Waals surface area contributed by atoms with Crippen molar-refractivity contribution in [1.82, 2.24) is 14.8 Å². The third kappa shape index (κ3) is 3.30. The van der Waals surface area contributed by atoms with E-state index in [0.717, 1.165) is 64.2 Å². The first kappa shape index (κ1) is 16.9. The summed E-state index contributed by atoms with van der Waals surface area (Å²) in [6.45, 7) is 5.80. The van der Waals surface area contributed by atoms with Crippen molar-refractivity contribution < 1.29 is 14.6 Å². The van der Waals surface area contributed by atoms with Gasteiger partial charge in [0.25, 0.3) is 0 Å². The number of hydrogen-bond acceptors (Lipinski definition) is 5. The second-order valence-electron chi connectivity index (χ2n) is 7.81. The molecule has 0 radical (unpaired) electrons. The minimum Gasteiger partial charge on any atom is -0.481 e. The predicted molar refractivity (Wildman–Crippen MR) is 93.1 cm³/mol. The molecule has 0 saturated carbocycles. The summed E-state index contributed by atoms with van der Waals surface area (Å²) >= 11 is 0. The van der Waals surface area contributed by atoms with Gasteiger partial charge in [-0.1, -0.05) is 6.07 Å². The summed E-state index contributed by atoms with van der Waals surface area (Å²) in [6, 6.07) is 4.48. The summed E-state index contributed by atoms with van der Waals surface area (Å²) in [7, 11) is 0. The lowest BCUT2D eigenvalue weighted by atomic mass is 9.75. The minimum atomic E-state index is -0.615. The minimum absolute atomic E-state index is 0.185. The molecule has 3 aliphatic heterocycles. The van der Waals surface area contributed by atoms with Gasteiger partial charge in [-0.25, -0.2) is 0 Å². The number of carbonyl (C=O) groups is 1. The highest BCUT2D eigenvalue weighted by Crippen LogP contribution is 2.44. The summed E-state index contributed by atoms with van der Waals surface area (Å²) in [4.78, 5) is 21.2. The van der Waals surface area contributed by atoms with Crippen molar-refractivity contribution in [2.75, 3.05) is 39.4 Å². The van der Waals surface area contributed by atoms with Gasteiger partial charge < -0.3 is 9.84 Å². The van der Waals surface area contributed by atoms with Crippen molar-refractivity contribution in [1.29, 1.82) is 0 Å². The number of carboxylic acid groups (broad SMARTS) is 1. The summed E-state index contributed by atoms with van der Waals surface area (Å²) in [6.07, 6.45) is 6.47. The van der Waals surface area contributed by atoms with Crippen LogP contribution in [0.5, 0.6) is 0 Å². The molecule has 1 unspecified atom stereocenters. The highest BCUT2D eigenvalue weighted by molar-refractivity contribution is 5.76. The number of rotatable bonds is 4. The number of likely N-dealkylation sites (tertiary alicyclic amines) is 2. The average Bonchev–Trinajstić information content (AvgIpc) is 3.21. The third-order valence-corrected chi connectivity index (χ3v) is 6.27. The molecule has 6 heteroatoms. The highest BCUT2D eigenvalue weighted by atomic mass is 16.5. The van der Waals surface area contributed by atoms with Crippen molar-refractivity contribution in [2.24, 2.45) is 11.3 Å². The molecule has 0 amide bonds. The summed E-state index contributed by atoms with van der Waals surface area (Å²) in [5, 5.41) is 10.1. The van der Waals surface area contributed by atoms with E-state index in [9.17, 15) is 9.90 Å². The van der Waals surface area contributed by atoms with Gasteiger partial charge in [-0.3, -0.25) is 19.6 Å². The number of aromatic nitrogens is 1. The number of nitrogens with zero attached hydrogens (tertiary/aromatic N) is 3. The quantitative estimate of drug-likeness (QED) is 0.891.